The Morgan fingerprint density at radius 2 is 1.46 bits per heavy atom. The molecule has 1 amide bonds. The Kier molecular flexibility index (Phi) is 2.88. The molecule has 26 heavy (non-hydrogen) atoms. The number of benzene rings is 3. The average Bonchev–Trinajstić information content (AvgIpc) is 2.87. The van der Waals surface area contributed by atoms with E-state index < -0.39 is 5.41 Å². The van der Waals surface area contributed by atoms with E-state index in [9.17, 15) is 9.18 Å². The predicted molar refractivity (Wildman–Crippen MR) is 97.3 cm³/mol. The molecular weight excluding hydrogens is 329 g/mol. The summed E-state index contributed by atoms with van der Waals surface area (Å²) in [7, 11) is 0. The smallest absolute Gasteiger partial charge is 0.244 e. The van der Waals surface area contributed by atoms with Crippen LogP contribution in [0.25, 0.3) is 0 Å². The Bertz CT molecular complexity index is 1050. The molecule has 3 nitrogen and oxygen atoms in total. The van der Waals surface area contributed by atoms with E-state index in [2.05, 4.69) is 5.32 Å². The summed E-state index contributed by atoms with van der Waals surface area (Å²) in [6, 6.07) is 16.0. The van der Waals surface area contributed by atoms with Gasteiger partial charge in [-0.1, -0.05) is 24.3 Å². The van der Waals surface area contributed by atoms with Gasteiger partial charge in [0.25, 0.3) is 0 Å². The van der Waals surface area contributed by atoms with Crippen molar-refractivity contribution in [1.82, 2.24) is 0 Å². The van der Waals surface area contributed by atoms with Crippen LogP contribution in [-0.4, -0.2) is 5.91 Å². The van der Waals surface area contributed by atoms with E-state index in [4.69, 9.17) is 4.74 Å². The number of nitrogens with one attached hydrogen (secondary N) is 1. The lowest BCUT2D eigenvalue weighted by atomic mass is 9.68. The van der Waals surface area contributed by atoms with Crippen molar-refractivity contribution < 1.29 is 13.9 Å². The van der Waals surface area contributed by atoms with Gasteiger partial charge in [0.05, 0.1) is 0 Å². The number of amides is 1. The van der Waals surface area contributed by atoms with Crippen molar-refractivity contribution in [2.24, 2.45) is 0 Å². The molecule has 0 aliphatic carbocycles. The number of carbonyl (C=O) groups is 1. The van der Waals surface area contributed by atoms with Gasteiger partial charge in [0.15, 0.2) is 0 Å². The molecule has 3 aromatic rings. The van der Waals surface area contributed by atoms with E-state index in [1.807, 2.05) is 50.2 Å². The first-order chi connectivity index (χ1) is 12.5. The highest BCUT2D eigenvalue weighted by atomic mass is 19.1. The highest BCUT2D eigenvalue weighted by Crippen LogP contribution is 2.56. The van der Waals surface area contributed by atoms with Gasteiger partial charge in [-0.2, -0.15) is 0 Å². The molecule has 4 heteroatoms. The summed E-state index contributed by atoms with van der Waals surface area (Å²) in [6.07, 6.45) is 0. The number of anilines is 1. The molecule has 1 spiro atoms. The van der Waals surface area contributed by atoms with Crippen molar-refractivity contribution in [3.05, 3.63) is 88.2 Å². The Morgan fingerprint density at radius 1 is 0.846 bits per heavy atom. The van der Waals surface area contributed by atoms with Gasteiger partial charge in [-0.25, -0.2) is 4.39 Å². The number of fused-ring (bicyclic) bond motifs is 6. The molecule has 0 aromatic heterocycles. The second kappa shape index (κ2) is 4.94. The van der Waals surface area contributed by atoms with Crippen molar-refractivity contribution in [2.75, 3.05) is 5.32 Å². The zero-order valence-corrected chi connectivity index (χ0v) is 14.4. The maximum Gasteiger partial charge on any atom is 0.244 e. The van der Waals surface area contributed by atoms with E-state index in [1.54, 1.807) is 6.07 Å². The van der Waals surface area contributed by atoms with Crippen LogP contribution in [0.5, 0.6) is 11.5 Å². The number of hydrogen-bond donors (Lipinski definition) is 1. The Balaban J connectivity index is 1.94. The van der Waals surface area contributed by atoms with Crippen molar-refractivity contribution in [3.63, 3.8) is 0 Å². The molecule has 0 bridgehead atoms. The molecule has 0 saturated heterocycles. The van der Waals surface area contributed by atoms with Gasteiger partial charge in [0.1, 0.15) is 22.7 Å². The highest BCUT2D eigenvalue weighted by Gasteiger charge is 2.54. The molecule has 2 aliphatic rings. The monoisotopic (exact) mass is 345 g/mol. The number of rotatable bonds is 0. The van der Waals surface area contributed by atoms with E-state index in [1.165, 1.54) is 12.1 Å². The molecule has 0 fully saturated rings. The van der Waals surface area contributed by atoms with Crippen LogP contribution >= 0.6 is 0 Å². The molecule has 1 N–H and O–H groups in total. The Labute approximate surface area is 150 Å². The molecule has 2 heterocycles. The molecule has 3 aromatic carbocycles. The van der Waals surface area contributed by atoms with Gasteiger partial charge in [-0.15, -0.1) is 0 Å². The van der Waals surface area contributed by atoms with Gasteiger partial charge in [-0.3, -0.25) is 4.79 Å². The number of halogens is 1. The fraction of sp³-hybridized carbons (Fsp3) is 0.136. The number of ether oxygens (including phenoxy) is 1. The van der Waals surface area contributed by atoms with Crippen molar-refractivity contribution in [2.45, 2.75) is 19.3 Å². The summed E-state index contributed by atoms with van der Waals surface area (Å²) >= 11 is 0. The third kappa shape index (κ3) is 1.79. The van der Waals surface area contributed by atoms with E-state index >= 15 is 0 Å². The standard InChI is InChI=1S/C22H16FNO2/c1-12-3-6-15-19(9-12)26-20-10-13(2)4-7-16(20)22(15)17-11-14(23)5-8-18(17)24-21(22)25/h3-11H,1-2H3,(H,24,25). The van der Waals surface area contributed by atoms with Crippen LogP contribution in [0, 0.1) is 19.7 Å². The first-order valence-corrected chi connectivity index (χ1v) is 8.52. The van der Waals surface area contributed by atoms with Crippen molar-refractivity contribution in [3.8, 4) is 11.5 Å². The van der Waals surface area contributed by atoms with E-state index in [0.29, 0.717) is 22.7 Å². The lowest BCUT2D eigenvalue weighted by Gasteiger charge is -2.36. The number of hydrogen-bond acceptors (Lipinski definition) is 2. The molecule has 5 rings (SSSR count). The number of carbonyl (C=O) groups excluding carboxylic acids is 1. The summed E-state index contributed by atoms with van der Waals surface area (Å²) in [6.45, 7) is 3.95. The van der Waals surface area contributed by atoms with Gasteiger partial charge >= 0.3 is 0 Å². The summed E-state index contributed by atoms with van der Waals surface area (Å²) < 4.78 is 20.3. The second-order valence-electron chi connectivity index (χ2n) is 7.00. The fourth-order valence-electron chi connectivity index (χ4n) is 4.12. The van der Waals surface area contributed by atoms with Crippen LogP contribution < -0.4 is 10.1 Å². The minimum absolute atomic E-state index is 0.184. The van der Waals surface area contributed by atoms with Crippen molar-refractivity contribution >= 4 is 11.6 Å². The largest absolute Gasteiger partial charge is 0.457 e. The molecular formula is C22H16FNO2. The lowest BCUT2D eigenvalue weighted by molar-refractivity contribution is -0.118. The SMILES string of the molecule is Cc1ccc2c(c1)Oc1cc(C)ccc1C21C(=O)Nc2ccc(F)cc21. The van der Waals surface area contributed by atoms with E-state index in [0.717, 1.165) is 22.3 Å². The molecule has 0 unspecified atom stereocenters. The average molecular weight is 345 g/mol. The fourth-order valence-corrected chi connectivity index (χ4v) is 4.12. The molecule has 0 saturated carbocycles. The second-order valence-corrected chi connectivity index (χ2v) is 7.00. The zero-order chi connectivity index (χ0) is 18.1. The summed E-state index contributed by atoms with van der Waals surface area (Å²) in [5.41, 5.74) is 3.70. The molecule has 2 aliphatic heterocycles. The molecule has 0 radical (unpaired) electrons. The third-order valence-electron chi connectivity index (χ3n) is 5.28. The first kappa shape index (κ1) is 15.1. The van der Waals surface area contributed by atoms with Gasteiger partial charge in [0.2, 0.25) is 5.91 Å². The minimum Gasteiger partial charge on any atom is -0.457 e. The molecule has 0 atom stereocenters. The van der Waals surface area contributed by atoms with Gasteiger partial charge < -0.3 is 10.1 Å². The maximum absolute atomic E-state index is 14.1. The normalized spacial score (nSPS) is 15.7. The Hall–Kier alpha value is -3.14. The summed E-state index contributed by atoms with van der Waals surface area (Å²) in [5, 5.41) is 2.94. The Morgan fingerprint density at radius 3 is 2.08 bits per heavy atom. The van der Waals surface area contributed by atoms with Crippen LogP contribution in [0.15, 0.2) is 54.6 Å². The van der Waals surface area contributed by atoms with Crippen LogP contribution in [0.4, 0.5) is 10.1 Å². The highest BCUT2D eigenvalue weighted by molar-refractivity contribution is 6.12. The van der Waals surface area contributed by atoms with Crippen LogP contribution in [-0.2, 0) is 10.2 Å². The minimum atomic E-state index is -1.11. The quantitative estimate of drug-likeness (QED) is 0.633. The molecule has 128 valence electrons. The van der Waals surface area contributed by atoms with Crippen LogP contribution in [0.1, 0.15) is 27.8 Å². The third-order valence-corrected chi connectivity index (χ3v) is 5.28. The van der Waals surface area contributed by atoms with Crippen molar-refractivity contribution in [1.29, 1.82) is 0 Å². The van der Waals surface area contributed by atoms with Gasteiger partial charge in [0, 0.05) is 22.4 Å². The van der Waals surface area contributed by atoms with Crippen LogP contribution in [0.2, 0.25) is 0 Å². The predicted octanol–water partition coefficient (Wildman–Crippen LogP) is 4.83. The zero-order valence-electron chi connectivity index (χ0n) is 14.4. The summed E-state index contributed by atoms with van der Waals surface area (Å²) in [4.78, 5) is 13.3. The van der Waals surface area contributed by atoms with Crippen LogP contribution in [0.3, 0.4) is 0 Å². The maximum atomic E-state index is 14.1. The number of aryl methyl sites for hydroxylation is 2. The van der Waals surface area contributed by atoms with E-state index in [-0.39, 0.29) is 11.7 Å². The summed E-state index contributed by atoms with van der Waals surface area (Å²) in [5.74, 6) is 0.718. The lowest BCUT2D eigenvalue weighted by Crippen LogP contribution is -2.39. The van der Waals surface area contributed by atoms with Gasteiger partial charge in [-0.05, 0) is 55.3 Å². The first-order valence-electron chi connectivity index (χ1n) is 8.52. The topological polar surface area (TPSA) is 38.3 Å².